The molecule has 0 aliphatic heterocycles. The van der Waals surface area contributed by atoms with E-state index in [9.17, 15) is 0 Å². The Morgan fingerprint density at radius 3 is 2.71 bits per heavy atom. The van der Waals surface area contributed by atoms with Crippen molar-refractivity contribution in [3.05, 3.63) is 34.7 Å². The van der Waals surface area contributed by atoms with Crippen molar-refractivity contribution in [3.63, 3.8) is 0 Å². The lowest BCUT2D eigenvalue weighted by atomic mass is 9.97. The first-order valence-corrected chi connectivity index (χ1v) is 5.60. The third kappa shape index (κ3) is 5.79. The van der Waals surface area contributed by atoms with Gasteiger partial charge in [-0.2, -0.15) is 0 Å². The van der Waals surface area contributed by atoms with Gasteiger partial charge in [0.15, 0.2) is 0 Å². The molecule has 0 aliphatic carbocycles. The number of hydrogen-bond acceptors (Lipinski definition) is 4. The van der Waals surface area contributed by atoms with Gasteiger partial charge in [0.05, 0.1) is 0 Å². The van der Waals surface area contributed by atoms with Crippen molar-refractivity contribution in [3.8, 4) is 0 Å². The summed E-state index contributed by atoms with van der Waals surface area (Å²) in [5, 5.41) is 3.50. The highest BCUT2D eigenvalue weighted by atomic mass is 32.1. The maximum absolute atomic E-state index is 8.23. The average Bonchev–Trinajstić information content (AvgIpc) is 2.32. The van der Waals surface area contributed by atoms with E-state index in [-0.39, 0.29) is 18.1 Å². The summed E-state index contributed by atoms with van der Waals surface area (Å²) in [5.41, 5.74) is 9.21. The molecule has 0 N–H and O–H groups in total. The van der Waals surface area contributed by atoms with E-state index in [0.717, 1.165) is 5.57 Å². The van der Waals surface area contributed by atoms with Crippen molar-refractivity contribution in [1.82, 2.24) is 0 Å². The normalized spacial score (nSPS) is 16.8. The molecule has 0 radical (unpaired) electrons. The molecular formula is C11H19N3O2S. The Kier molecular flexibility index (Phi) is 8.62. The van der Waals surface area contributed by atoms with Gasteiger partial charge in [-0.15, -0.1) is 6.58 Å². The highest BCUT2D eigenvalue weighted by molar-refractivity contribution is 7.75. The van der Waals surface area contributed by atoms with Gasteiger partial charge >= 0.3 is 0 Å². The van der Waals surface area contributed by atoms with Gasteiger partial charge in [0.2, 0.25) is 0 Å². The molecule has 0 amide bonds. The second kappa shape index (κ2) is 9.13. The lowest BCUT2D eigenvalue weighted by Crippen LogP contribution is -2.32. The van der Waals surface area contributed by atoms with Crippen LogP contribution >= 0.6 is 12.9 Å². The van der Waals surface area contributed by atoms with Crippen molar-refractivity contribution in [2.45, 2.75) is 26.1 Å². The summed E-state index contributed by atoms with van der Waals surface area (Å²) in [4.78, 5) is 2.71. The van der Waals surface area contributed by atoms with Crippen molar-refractivity contribution in [1.29, 1.82) is 0 Å². The third-order valence-electron chi connectivity index (χ3n) is 2.40. The van der Waals surface area contributed by atoms with Crippen LogP contribution in [0.25, 0.3) is 10.4 Å². The van der Waals surface area contributed by atoms with E-state index in [0.29, 0.717) is 6.54 Å². The number of hydrogen-bond donors (Lipinski definition) is 1. The van der Waals surface area contributed by atoms with Crippen LogP contribution in [-0.2, 0) is 8.92 Å². The highest BCUT2D eigenvalue weighted by Gasteiger charge is 2.23. The van der Waals surface area contributed by atoms with Crippen LogP contribution in [0.5, 0.6) is 0 Å². The number of ether oxygens (including phenoxy) is 1. The second-order valence-electron chi connectivity index (χ2n) is 3.77. The molecule has 0 aromatic rings. The van der Waals surface area contributed by atoms with Crippen LogP contribution in [0.4, 0.5) is 0 Å². The number of methoxy groups -OCH3 is 1. The van der Waals surface area contributed by atoms with E-state index < -0.39 is 0 Å². The zero-order valence-electron chi connectivity index (χ0n) is 10.4. The number of thiol groups is 1. The van der Waals surface area contributed by atoms with E-state index in [4.69, 9.17) is 14.5 Å². The molecule has 0 aromatic carbocycles. The topological polar surface area (TPSA) is 67.2 Å². The summed E-state index contributed by atoms with van der Waals surface area (Å²) in [6, 6.07) is 0. The van der Waals surface area contributed by atoms with Crippen LogP contribution in [-0.4, -0.2) is 25.9 Å². The van der Waals surface area contributed by atoms with Gasteiger partial charge in [0.25, 0.3) is 0 Å². The van der Waals surface area contributed by atoms with Gasteiger partial charge in [0.1, 0.15) is 12.2 Å². The molecule has 0 bridgehead atoms. The lowest BCUT2D eigenvalue weighted by molar-refractivity contribution is 0.0265. The molecule has 0 aliphatic rings. The van der Waals surface area contributed by atoms with Crippen LogP contribution in [0.15, 0.2) is 29.4 Å². The Bertz CT molecular complexity index is 314. The Balaban J connectivity index is 4.67. The summed E-state index contributed by atoms with van der Waals surface area (Å²) in [6.45, 7) is 7.92. The summed E-state index contributed by atoms with van der Waals surface area (Å²) < 4.78 is 10.3. The van der Waals surface area contributed by atoms with Crippen LogP contribution in [0, 0.1) is 5.92 Å². The van der Waals surface area contributed by atoms with Gasteiger partial charge in [-0.25, -0.2) is 0 Å². The number of azide groups is 1. The molecule has 3 atom stereocenters. The smallest absolute Gasteiger partial charge is 0.108 e. The Hall–Kier alpha value is -0.940. The van der Waals surface area contributed by atoms with Gasteiger partial charge in [-0.05, 0) is 25.4 Å². The van der Waals surface area contributed by atoms with Gasteiger partial charge < -0.3 is 8.92 Å². The SMILES string of the molecule is C=CC(OC)[C@@H](OS)[C@H](C)/C=C(/C)CN=[N+]=[N-]. The molecule has 0 saturated heterocycles. The van der Waals surface area contributed by atoms with Gasteiger partial charge in [-0.3, -0.25) is 0 Å². The van der Waals surface area contributed by atoms with E-state index in [2.05, 4.69) is 29.5 Å². The van der Waals surface area contributed by atoms with Crippen LogP contribution in [0.3, 0.4) is 0 Å². The van der Waals surface area contributed by atoms with Crippen LogP contribution in [0.1, 0.15) is 13.8 Å². The second-order valence-corrected chi connectivity index (χ2v) is 3.98. The van der Waals surface area contributed by atoms with Crippen LogP contribution < -0.4 is 0 Å². The lowest BCUT2D eigenvalue weighted by Gasteiger charge is -2.25. The highest BCUT2D eigenvalue weighted by Crippen LogP contribution is 2.19. The fourth-order valence-electron chi connectivity index (χ4n) is 1.56. The molecule has 0 spiro atoms. The Labute approximate surface area is 108 Å². The molecule has 0 heterocycles. The molecule has 0 saturated carbocycles. The maximum atomic E-state index is 8.23. The summed E-state index contributed by atoms with van der Waals surface area (Å²) in [5.74, 6) is 0.0735. The average molecular weight is 257 g/mol. The molecule has 17 heavy (non-hydrogen) atoms. The standard InChI is InChI=1S/C11H19N3O2S/c1-5-10(15-4)11(16-17)9(3)6-8(2)7-13-14-12/h5-6,9-11,17H,1,7H2,2-4H3/b8-6-/t9-,10?,11+/m1/s1. The fourth-order valence-corrected chi connectivity index (χ4v) is 1.87. The first-order valence-electron chi connectivity index (χ1n) is 5.24. The molecule has 0 fully saturated rings. The minimum Gasteiger partial charge on any atom is -0.375 e. The first kappa shape index (κ1) is 16.1. The molecule has 6 heteroatoms. The maximum Gasteiger partial charge on any atom is 0.108 e. The predicted octanol–water partition coefficient (Wildman–Crippen LogP) is 3.31. The van der Waals surface area contributed by atoms with E-state index in [1.165, 1.54) is 0 Å². The summed E-state index contributed by atoms with van der Waals surface area (Å²) in [7, 11) is 1.59. The van der Waals surface area contributed by atoms with E-state index >= 15 is 0 Å². The zero-order valence-corrected chi connectivity index (χ0v) is 11.3. The zero-order chi connectivity index (χ0) is 13.3. The molecular weight excluding hydrogens is 238 g/mol. The number of rotatable bonds is 8. The molecule has 0 aromatic heterocycles. The molecule has 0 rings (SSSR count). The van der Waals surface area contributed by atoms with Crippen molar-refractivity contribution < 1.29 is 8.92 Å². The monoisotopic (exact) mass is 257 g/mol. The van der Waals surface area contributed by atoms with Crippen molar-refractivity contribution in [2.24, 2.45) is 11.0 Å². The minimum atomic E-state index is -0.234. The van der Waals surface area contributed by atoms with E-state index in [1.807, 2.05) is 19.9 Å². The Morgan fingerprint density at radius 2 is 2.29 bits per heavy atom. The number of nitrogens with zero attached hydrogens (tertiary/aromatic N) is 3. The van der Waals surface area contributed by atoms with Crippen molar-refractivity contribution in [2.75, 3.05) is 13.7 Å². The third-order valence-corrected chi connectivity index (χ3v) is 2.64. The van der Waals surface area contributed by atoms with Crippen LogP contribution in [0.2, 0.25) is 0 Å². The van der Waals surface area contributed by atoms with E-state index in [1.54, 1.807) is 13.2 Å². The predicted molar refractivity (Wildman–Crippen MR) is 71.8 cm³/mol. The van der Waals surface area contributed by atoms with Gasteiger partial charge in [0, 0.05) is 24.5 Å². The summed E-state index contributed by atoms with van der Waals surface area (Å²) in [6.07, 6.45) is 3.19. The molecule has 1 unspecified atom stereocenters. The first-order chi connectivity index (χ1) is 8.10. The fraction of sp³-hybridized carbons (Fsp3) is 0.636. The Morgan fingerprint density at radius 1 is 1.65 bits per heavy atom. The largest absolute Gasteiger partial charge is 0.375 e. The summed E-state index contributed by atoms with van der Waals surface area (Å²) >= 11 is 3.86. The molecule has 96 valence electrons. The van der Waals surface area contributed by atoms with Crippen molar-refractivity contribution >= 4 is 12.9 Å². The van der Waals surface area contributed by atoms with Gasteiger partial charge in [-0.1, -0.05) is 29.8 Å². The molecule has 5 nitrogen and oxygen atoms in total. The quantitative estimate of drug-likeness (QED) is 0.181. The minimum absolute atomic E-state index is 0.0735.